The summed E-state index contributed by atoms with van der Waals surface area (Å²) >= 11 is 0. The molecule has 5 nitrogen and oxygen atoms in total. The fraction of sp³-hybridized carbons (Fsp3) is 0.923. The molecular weight excluding hydrogens is 230 g/mol. The van der Waals surface area contributed by atoms with Gasteiger partial charge in [-0.25, -0.2) is 0 Å². The van der Waals surface area contributed by atoms with Crippen LogP contribution in [0.3, 0.4) is 0 Å². The molecule has 2 fully saturated rings. The summed E-state index contributed by atoms with van der Waals surface area (Å²) in [6, 6.07) is 0.180. The van der Waals surface area contributed by atoms with Crippen molar-refractivity contribution in [2.24, 2.45) is 11.1 Å². The molecule has 0 radical (unpaired) electrons. The lowest BCUT2D eigenvalue weighted by molar-refractivity contribution is -0.136. The topological polar surface area (TPSA) is 67.6 Å². The lowest BCUT2D eigenvalue weighted by Crippen LogP contribution is -2.54. The minimum Gasteiger partial charge on any atom is -0.379 e. The highest BCUT2D eigenvalue weighted by molar-refractivity contribution is 5.84. The number of nitrogens with zero attached hydrogens (tertiary/aromatic N) is 1. The van der Waals surface area contributed by atoms with Crippen molar-refractivity contribution in [2.75, 3.05) is 39.4 Å². The number of hydrogen-bond acceptors (Lipinski definition) is 4. The van der Waals surface area contributed by atoms with Crippen molar-refractivity contribution in [3.8, 4) is 0 Å². The highest BCUT2D eigenvalue weighted by Crippen LogP contribution is 2.40. The van der Waals surface area contributed by atoms with Crippen LogP contribution in [-0.2, 0) is 9.53 Å². The van der Waals surface area contributed by atoms with Crippen LogP contribution in [0.25, 0.3) is 0 Å². The van der Waals surface area contributed by atoms with Crippen molar-refractivity contribution in [1.29, 1.82) is 0 Å². The van der Waals surface area contributed by atoms with Gasteiger partial charge >= 0.3 is 0 Å². The smallest absolute Gasteiger partial charge is 0.227 e. The fourth-order valence-corrected chi connectivity index (χ4v) is 2.72. The molecule has 2 aliphatic rings. The Morgan fingerprint density at radius 1 is 1.44 bits per heavy atom. The summed E-state index contributed by atoms with van der Waals surface area (Å²) in [5.74, 6) is 0.150. The third-order valence-corrected chi connectivity index (χ3v) is 4.20. The van der Waals surface area contributed by atoms with Crippen molar-refractivity contribution < 1.29 is 9.53 Å². The van der Waals surface area contributed by atoms with E-state index < -0.39 is 0 Å². The normalized spacial score (nSPS) is 25.2. The summed E-state index contributed by atoms with van der Waals surface area (Å²) in [7, 11) is 0. The standard InChI is InChI=1S/C13H25N3O2/c1-11(9-16-5-7-18-8-6-16)15-12(17)13(10-14)3-2-4-13/h11H,2-10,14H2,1H3,(H,15,17). The molecule has 0 aromatic heterocycles. The number of morpholine rings is 1. The Morgan fingerprint density at radius 2 is 2.11 bits per heavy atom. The second-order valence-corrected chi connectivity index (χ2v) is 5.63. The van der Waals surface area contributed by atoms with Crippen LogP contribution in [0.2, 0.25) is 0 Å². The zero-order chi connectivity index (χ0) is 13.0. The molecule has 1 amide bonds. The van der Waals surface area contributed by atoms with E-state index in [9.17, 15) is 4.79 Å². The molecular formula is C13H25N3O2. The molecule has 1 unspecified atom stereocenters. The summed E-state index contributed by atoms with van der Waals surface area (Å²) in [6.07, 6.45) is 3.02. The van der Waals surface area contributed by atoms with Crippen LogP contribution in [0.15, 0.2) is 0 Å². The molecule has 1 saturated carbocycles. The monoisotopic (exact) mass is 255 g/mol. The van der Waals surface area contributed by atoms with E-state index >= 15 is 0 Å². The Balaban J connectivity index is 1.76. The maximum atomic E-state index is 12.2. The van der Waals surface area contributed by atoms with Crippen molar-refractivity contribution >= 4 is 5.91 Å². The summed E-state index contributed by atoms with van der Waals surface area (Å²) in [5, 5.41) is 3.12. The van der Waals surface area contributed by atoms with Crippen LogP contribution >= 0.6 is 0 Å². The minimum atomic E-state index is -0.265. The number of rotatable bonds is 5. The highest BCUT2D eigenvalue weighted by Gasteiger charge is 2.43. The van der Waals surface area contributed by atoms with Gasteiger partial charge in [-0.3, -0.25) is 9.69 Å². The third kappa shape index (κ3) is 3.02. The maximum absolute atomic E-state index is 12.2. The highest BCUT2D eigenvalue weighted by atomic mass is 16.5. The van der Waals surface area contributed by atoms with Gasteiger partial charge in [0.1, 0.15) is 0 Å². The summed E-state index contributed by atoms with van der Waals surface area (Å²) in [6.45, 7) is 6.96. The Labute approximate surface area is 109 Å². The van der Waals surface area contributed by atoms with Crippen LogP contribution in [0.4, 0.5) is 0 Å². The molecule has 1 atom stereocenters. The van der Waals surface area contributed by atoms with Gasteiger partial charge in [0.2, 0.25) is 5.91 Å². The van der Waals surface area contributed by atoms with Crippen LogP contribution in [0.5, 0.6) is 0 Å². The largest absolute Gasteiger partial charge is 0.379 e. The molecule has 1 saturated heterocycles. The molecule has 0 spiro atoms. The summed E-state index contributed by atoms with van der Waals surface area (Å²) < 4.78 is 5.32. The van der Waals surface area contributed by atoms with Crippen molar-refractivity contribution in [1.82, 2.24) is 10.2 Å². The quantitative estimate of drug-likeness (QED) is 0.723. The van der Waals surface area contributed by atoms with Gasteiger partial charge < -0.3 is 15.8 Å². The fourth-order valence-electron chi connectivity index (χ4n) is 2.72. The molecule has 1 aliphatic heterocycles. The average Bonchev–Trinajstić information content (AvgIpc) is 2.29. The lowest BCUT2D eigenvalue weighted by atomic mass is 9.68. The van der Waals surface area contributed by atoms with E-state index in [0.717, 1.165) is 52.1 Å². The molecule has 5 heteroatoms. The van der Waals surface area contributed by atoms with E-state index in [2.05, 4.69) is 17.1 Å². The zero-order valence-corrected chi connectivity index (χ0v) is 11.3. The van der Waals surface area contributed by atoms with Crippen LogP contribution in [0, 0.1) is 5.41 Å². The second kappa shape index (κ2) is 5.99. The molecule has 1 heterocycles. The Hall–Kier alpha value is -0.650. The van der Waals surface area contributed by atoms with E-state index in [1.807, 2.05) is 0 Å². The minimum absolute atomic E-state index is 0.150. The van der Waals surface area contributed by atoms with E-state index in [1.165, 1.54) is 0 Å². The summed E-state index contributed by atoms with van der Waals surface area (Å²) in [5.41, 5.74) is 5.48. The van der Waals surface area contributed by atoms with Gasteiger partial charge in [-0.05, 0) is 19.8 Å². The second-order valence-electron chi connectivity index (χ2n) is 5.63. The van der Waals surface area contributed by atoms with Crippen LogP contribution in [-0.4, -0.2) is 56.2 Å². The first-order valence-corrected chi connectivity index (χ1v) is 6.97. The van der Waals surface area contributed by atoms with E-state index in [-0.39, 0.29) is 17.4 Å². The lowest BCUT2D eigenvalue weighted by Gasteiger charge is -2.40. The molecule has 104 valence electrons. The molecule has 1 aliphatic carbocycles. The van der Waals surface area contributed by atoms with Crippen molar-refractivity contribution in [3.63, 3.8) is 0 Å². The Morgan fingerprint density at radius 3 is 2.61 bits per heavy atom. The van der Waals surface area contributed by atoms with Gasteiger partial charge in [-0.2, -0.15) is 0 Å². The van der Waals surface area contributed by atoms with Gasteiger partial charge in [0.15, 0.2) is 0 Å². The number of nitrogens with two attached hydrogens (primary N) is 1. The number of ether oxygens (including phenoxy) is 1. The Bertz CT molecular complexity index is 280. The van der Waals surface area contributed by atoms with Crippen LogP contribution in [0.1, 0.15) is 26.2 Å². The first-order valence-electron chi connectivity index (χ1n) is 6.97. The molecule has 2 rings (SSSR count). The first kappa shape index (κ1) is 13.8. The predicted octanol–water partition coefficient (Wildman–Crippen LogP) is -0.0477. The van der Waals surface area contributed by atoms with E-state index in [1.54, 1.807) is 0 Å². The molecule has 3 N–H and O–H groups in total. The van der Waals surface area contributed by atoms with Crippen molar-refractivity contribution in [3.05, 3.63) is 0 Å². The number of amides is 1. The van der Waals surface area contributed by atoms with Gasteiger partial charge in [-0.15, -0.1) is 0 Å². The number of hydrogen-bond donors (Lipinski definition) is 2. The van der Waals surface area contributed by atoms with Gasteiger partial charge in [0.05, 0.1) is 18.6 Å². The van der Waals surface area contributed by atoms with Crippen molar-refractivity contribution in [2.45, 2.75) is 32.2 Å². The maximum Gasteiger partial charge on any atom is 0.227 e. The molecule has 18 heavy (non-hydrogen) atoms. The molecule has 0 aromatic carbocycles. The summed E-state index contributed by atoms with van der Waals surface area (Å²) in [4.78, 5) is 14.5. The van der Waals surface area contributed by atoms with Gasteiger partial charge in [-0.1, -0.05) is 6.42 Å². The van der Waals surface area contributed by atoms with Crippen LogP contribution < -0.4 is 11.1 Å². The number of nitrogens with one attached hydrogen (secondary N) is 1. The third-order valence-electron chi connectivity index (χ3n) is 4.20. The molecule has 0 aromatic rings. The average molecular weight is 255 g/mol. The first-order chi connectivity index (χ1) is 8.66. The number of carbonyl (C=O) groups excluding carboxylic acids is 1. The zero-order valence-electron chi connectivity index (χ0n) is 11.3. The van der Waals surface area contributed by atoms with Gasteiger partial charge in [0.25, 0.3) is 0 Å². The molecule has 0 bridgehead atoms. The van der Waals surface area contributed by atoms with E-state index in [0.29, 0.717) is 6.54 Å². The van der Waals surface area contributed by atoms with E-state index in [4.69, 9.17) is 10.5 Å². The predicted molar refractivity (Wildman–Crippen MR) is 70.2 cm³/mol. The SMILES string of the molecule is CC(CN1CCOCC1)NC(=O)C1(CN)CCC1. The number of carbonyl (C=O) groups is 1. The van der Waals surface area contributed by atoms with Gasteiger partial charge in [0, 0.05) is 32.2 Å². The Kier molecular flexibility index (Phi) is 4.59.